The molecular weight excluding hydrogens is 358 g/mol. The van der Waals surface area contributed by atoms with Crippen LogP contribution in [0.3, 0.4) is 0 Å². The summed E-state index contributed by atoms with van der Waals surface area (Å²) in [6.07, 6.45) is 3.34. The Bertz CT molecular complexity index is 830. The average molecular weight is 377 g/mol. The van der Waals surface area contributed by atoms with E-state index in [4.69, 9.17) is 4.74 Å². The van der Waals surface area contributed by atoms with E-state index in [9.17, 15) is 14.4 Å². The van der Waals surface area contributed by atoms with Crippen LogP contribution in [-0.2, 0) is 33.8 Å². The Morgan fingerprint density at radius 2 is 2.19 bits per heavy atom. The molecule has 10 heteroatoms. The molecule has 26 heavy (non-hydrogen) atoms. The zero-order chi connectivity index (χ0) is 18.7. The van der Waals surface area contributed by atoms with Crippen LogP contribution in [0.4, 0.5) is 5.00 Å². The van der Waals surface area contributed by atoms with Gasteiger partial charge in [0.1, 0.15) is 24.2 Å². The smallest absolute Gasteiger partial charge is 0.341 e. The van der Waals surface area contributed by atoms with Gasteiger partial charge in [-0.25, -0.2) is 14.5 Å². The summed E-state index contributed by atoms with van der Waals surface area (Å²) in [6.45, 7) is 4.46. The van der Waals surface area contributed by atoms with Crippen molar-refractivity contribution >= 4 is 34.1 Å². The summed E-state index contributed by atoms with van der Waals surface area (Å²) < 4.78 is 6.56. The molecule has 1 aliphatic heterocycles. The number of aromatic nitrogens is 3. The number of hydrogen-bond acceptors (Lipinski definition) is 7. The van der Waals surface area contributed by atoms with Crippen LogP contribution in [0.25, 0.3) is 0 Å². The van der Waals surface area contributed by atoms with E-state index in [0.29, 0.717) is 30.1 Å². The van der Waals surface area contributed by atoms with Crippen molar-refractivity contribution in [2.24, 2.45) is 0 Å². The molecule has 2 aromatic rings. The molecule has 1 N–H and O–H groups in total. The van der Waals surface area contributed by atoms with Crippen molar-refractivity contribution in [1.82, 2.24) is 19.7 Å². The molecule has 3 heterocycles. The van der Waals surface area contributed by atoms with Gasteiger partial charge in [0, 0.05) is 18.3 Å². The Morgan fingerprint density at radius 1 is 1.38 bits per heavy atom. The molecule has 0 radical (unpaired) electrons. The lowest BCUT2D eigenvalue weighted by Gasteiger charge is -2.25. The second kappa shape index (κ2) is 7.65. The molecule has 0 saturated carbocycles. The van der Waals surface area contributed by atoms with Gasteiger partial charge in [0.25, 0.3) is 0 Å². The summed E-state index contributed by atoms with van der Waals surface area (Å²) in [5.74, 6) is -0.793. The summed E-state index contributed by atoms with van der Waals surface area (Å²) in [4.78, 5) is 42.8. The fourth-order valence-electron chi connectivity index (χ4n) is 2.81. The van der Waals surface area contributed by atoms with Crippen molar-refractivity contribution in [2.75, 3.05) is 18.5 Å². The Balaban J connectivity index is 1.87. The number of esters is 1. The van der Waals surface area contributed by atoms with Gasteiger partial charge in [-0.15, -0.1) is 11.3 Å². The number of amides is 2. The molecule has 9 nitrogen and oxygen atoms in total. The molecule has 0 bridgehead atoms. The molecule has 0 spiro atoms. The third kappa shape index (κ3) is 3.74. The lowest BCUT2D eigenvalue weighted by molar-refractivity contribution is -0.129. The van der Waals surface area contributed by atoms with Crippen molar-refractivity contribution in [3.05, 3.63) is 28.7 Å². The van der Waals surface area contributed by atoms with Gasteiger partial charge in [0.05, 0.1) is 18.7 Å². The zero-order valence-electron chi connectivity index (χ0n) is 14.5. The predicted molar refractivity (Wildman–Crippen MR) is 93.7 cm³/mol. The van der Waals surface area contributed by atoms with Crippen molar-refractivity contribution in [3.63, 3.8) is 0 Å². The van der Waals surface area contributed by atoms with E-state index in [1.165, 1.54) is 35.6 Å². The van der Waals surface area contributed by atoms with Crippen LogP contribution in [-0.4, -0.2) is 50.6 Å². The first kappa shape index (κ1) is 18.1. The number of carbonyl (C=O) groups is 3. The van der Waals surface area contributed by atoms with Crippen LogP contribution in [0.1, 0.15) is 34.6 Å². The monoisotopic (exact) mass is 377 g/mol. The lowest BCUT2D eigenvalue weighted by Crippen LogP contribution is -2.34. The van der Waals surface area contributed by atoms with E-state index in [0.717, 1.165) is 10.4 Å². The highest BCUT2D eigenvalue weighted by molar-refractivity contribution is 7.17. The highest BCUT2D eigenvalue weighted by atomic mass is 32.1. The Kier molecular flexibility index (Phi) is 5.31. The summed E-state index contributed by atoms with van der Waals surface area (Å²) in [7, 11) is 0. The van der Waals surface area contributed by atoms with Gasteiger partial charge in [0.2, 0.25) is 11.8 Å². The molecule has 0 aromatic carbocycles. The fourth-order valence-corrected chi connectivity index (χ4v) is 4.07. The third-order valence-electron chi connectivity index (χ3n) is 4.01. The molecular formula is C16H19N5O4S. The predicted octanol–water partition coefficient (Wildman–Crippen LogP) is 1.06. The maximum atomic E-state index is 12.4. The number of rotatable bonds is 5. The molecule has 0 atom stereocenters. The maximum Gasteiger partial charge on any atom is 0.341 e. The molecule has 3 rings (SSSR count). The van der Waals surface area contributed by atoms with Crippen LogP contribution in [0.2, 0.25) is 0 Å². The first-order chi connectivity index (χ1) is 12.5. The molecule has 2 amide bonds. The van der Waals surface area contributed by atoms with Crippen LogP contribution in [0, 0.1) is 0 Å². The van der Waals surface area contributed by atoms with E-state index in [-0.39, 0.29) is 25.0 Å². The first-order valence-electron chi connectivity index (χ1n) is 8.19. The average Bonchev–Trinajstić information content (AvgIpc) is 3.21. The van der Waals surface area contributed by atoms with Gasteiger partial charge in [-0.05, 0) is 18.9 Å². The normalized spacial score (nSPS) is 13.2. The van der Waals surface area contributed by atoms with E-state index in [1.807, 2.05) is 0 Å². The Morgan fingerprint density at radius 3 is 2.85 bits per heavy atom. The molecule has 0 fully saturated rings. The summed E-state index contributed by atoms with van der Waals surface area (Å²) in [5, 5.41) is 7.12. The van der Waals surface area contributed by atoms with Crippen molar-refractivity contribution < 1.29 is 19.1 Å². The number of thiophene rings is 1. The molecule has 138 valence electrons. The number of carbonyl (C=O) groups excluding carboxylic acids is 3. The maximum absolute atomic E-state index is 12.4. The van der Waals surface area contributed by atoms with Crippen LogP contribution in [0.15, 0.2) is 12.7 Å². The van der Waals surface area contributed by atoms with Crippen LogP contribution >= 0.6 is 11.3 Å². The lowest BCUT2D eigenvalue weighted by atomic mass is 10.0. The number of ether oxygens (including phenoxy) is 1. The number of fused-ring (bicyclic) bond motifs is 1. The van der Waals surface area contributed by atoms with Crippen molar-refractivity contribution in [3.8, 4) is 0 Å². The van der Waals surface area contributed by atoms with E-state index >= 15 is 0 Å². The Hall–Kier alpha value is -2.75. The van der Waals surface area contributed by atoms with Gasteiger partial charge in [-0.1, -0.05) is 0 Å². The van der Waals surface area contributed by atoms with Crippen molar-refractivity contribution in [1.29, 1.82) is 0 Å². The van der Waals surface area contributed by atoms with E-state index in [1.54, 1.807) is 11.8 Å². The largest absolute Gasteiger partial charge is 0.462 e. The minimum absolute atomic E-state index is 0.00952. The Labute approximate surface area is 154 Å². The SMILES string of the molecule is CCOC(=O)c1c(NC(=O)Cn2cncn2)sc2c1CCN(C(C)=O)C2. The molecule has 1 aliphatic rings. The summed E-state index contributed by atoms with van der Waals surface area (Å²) >= 11 is 1.31. The highest BCUT2D eigenvalue weighted by Crippen LogP contribution is 2.37. The number of anilines is 1. The van der Waals surface area contributed by atoms with Crippen LogP contribution in [0.5, 0.6) is 0 Å². The van der Waals surface area contributed by atoms with E-state index in [2.05, 4.69) is 15.4 Å². The minimum Gasteiger partial charge on any atom is -0.462 e. The zero-order valence-corrected chi connectivity index (χ0v) is 15.3. The van der Waals surface area contributed by atoms with Crippen LogP contribution < -0.4 is 5.32 Å². The number of nitrogens with one attached hydrogen (secondary N) is 1. The number of hydrogen-bond donors (Lipinski definition) is 1. The number of nitrogens with zero attached hydrogens (tertiary/aromatic N) is 4. The second-order valence-corrected chi connectivity index (χ2v) is 6.87. The van der Waals surface area contributed by atoms with Gasteiger partial charge in [-0.3, -0.25) is 9.59 Å². The third-order valence-corrected chi connectivity index (χ3v) is 5.14. The van der Waals surface area contributed by atoms with Gasteiger partial charge in [0.15, 0.2) is 0 Å². The molecule has 2 aromatic heterocycles. The molecule has 0 saturated heterocycles. The van der Waals surface area contributed by atoms with E-state index < -0.39 is 5.97 Å². The van der Waals surface area contributed by atoms with Crippen molar-refractivity contribution in [2.45, 2.75) is 33.4 Å². The minimum atomic E-state index is -0.461. The summed E-state index contributed by atoms with van der Waals surface area (Å²) in [5.41, 5.74) is 1.24. The van der Waals surface area contributed by atoms with Gasteiger partial charge < -0.3 is 15.0 Å². The van der Waals surface area contributed by atoms with Gasteiger partial charge >= 0.3 is 5.97 Å². The van der Waals surface area contributed by atoms with Gasteiger partial charge in [-0.2, -0.15) is 5.10 Å². The second-order valence-electron chi connectivity index (χ2n) is 5.76. The first-order valence-corrected chi connectivity index (χ1v) is 9.00. The fraction of sp³-hybridized carbons (Fsp3) is 0.438. The highest BCUT2D eigenvalue weighted by Gasteiger charge is 2.30. The topological polar surface area (TPSA) is 106 Å². The molecule has 0 aliphatic carbocycles. The summed E-state index contributed by atoms with van der Waals surface area (Å²) in [6, 6.07) is 0. The quantitative estimate of drug-likeness (QED) is 0.781. The molecule has 0 unspecified atom stereocenters. The standard InChI is InChI=1S/C16H19N5O4S/c1-3-25-16(24)14-11-4-5-20(10(2)22)6-12(11)26-15(14)19-13(23)7-21-9-17-8-18-21/h8-9H,3-7H2,1-2H3,(H,19,23).